The van der Waals surface area contributed by atoms with Crippen molar-refractivity contribution >= 4 is 23.6 Å². The molecule has 2 N–H and O–H groups in total. The third kappa shape index (κ3) is 1.64. The highest BCUT2D eigenvalue weighted by molar-refractivity contribution is 5.86. The van der Waals surface area contributed by atoms with Gasteiger partial charge in [-0.05, 0) is 12.1 Å². The number of pyridine rings is 1. The van der Waals surface area contributed by atoms with Gasteiger partial charge in [0.15, 0.2) is 6.29 Å². The van der Waals surface area contributed by atoms with E-state index in [-0.39, 0.29) is 0 Å². The summed E-state index contributed by atoms with van der Waals surface area (Å²) in [5, 5.41) is 10.7. The molecule has 0 spiro atoms. The lowest BCUT2D eigenvalue weighted by Crippen LogP contribution is -2.07. The summed E-state index contributed by atoms with van der Waals surface area (Å²) in [5.74, 6) is 0. The fourth-order valence-electron chi connectivity index (χ4n) is 1.31. The summed E-state index contributed by atoms with van der Waals surface area (Å²) in [6.07, 6.45) is 2.51. The molecule has 0 aliphatic carbocycles. The highest BCUT2D eigenvalue weighted by Gasteiger charge is 2.04. The SMILES string of the molecule is O=Cc1ncn2cc(NC(=O)O)ccc12. The molecule has 2 rings (SSSR count). The van der Waals surface area contributed by atoms with Gasteiger partial charge in [-0.1, -0.05) is 0 Å². The van der Waals surface area contributed by atoms with Gasteiger partial charge in [0.1, 0.15) is 12.0 Å². The van der Waals surface area contributed by atoms with Crippen LogP contribution in [0, 0.1) is 0 Å². The first kappa shape index (κ1) is 9.20. The van der Waals surface area contributed by atoms with Crippen LogP contribution in [0.1, 0.15) is 10.5 Å². The number of hydrogen-bond donors (Lipinski definition) is 2. The highest BCUT2D eigenvalue weighted by atomic mass is 16.4. The molecule has 2 aromatic heterocycles. The van der Waals surface area contributed by atoms with Crippen molar-refractivity contribution in [1.29, 1.82) is 0 Å². The molecular weight excluding hydrogens is 198 g/mol. The average Bonchev–Trinajstić information content (AvgIpc) is 2.58. The zero-order chi connectivity index (χ0) is 10.8. The highest BCUT2D eigenvalue weighted by Crippen LogP contribution is 2.13. The van der Waals surface area contributed by atoms with Crippen molar-refractivity contribution < 1.29 is 14.7 Å². The summed E-state index contributed by atoms with van der Waals surface area (Å²) >= 11 is 0. The second-order valence-electron chi connectivity index (χ2n) is 2.89. The van der Waals surface area contributed by atoms with Crippen molar-refractivity contribution in [2.24, 2.45) is 0 Å². The lowest BCUT2D eigenvalue weighted by Gasteiger charge is -2.01. The van der Waals surface area contributed by atoms with E-state index in [1.54, 1.807) is 22.7 Å². The minimum atomic E-state index is -1.13. The number of carbonyl (C=O) groups is 2. The van der Waals surface area contributed by atoms with E-state index in [9.17, 15) is 9.59 Å². The molecule has 2 heterocycles. The maximum atomic E-state index is 10.6. The third-order valence-corrected chi connectivity index (χ3v) is 1.92. The quantitative estimate of drug-likeness (QED) is 0.722. The van der Waals surface area contributed by atoms with Crippen molar-refractivity contribution in [3.8, 4) is 0 Å². The van der Waals surface area contributed by atoms with Gasteiger partial charge in [0.05, 0.1) is 11.2 Å². The number of hydrogen-bond acceptors (Lipinski definition) is 3. The molecule has 0 bridgehead atoms. The Morgan fingerprint density at radius 1 is 1.53 bits per heavy atom. The third-order valence-electron chi connectivity index (χ3n) is 1.92. The van der Waals surface area contributed by atoms with Crippen LogP contribution in [0.25, 0.3) is 5.52 Å². The first-order valence-corrected chi connectivity index (χ1v) is 4.12. The van der Waals surface area contributed by atoms with E-state index in [1.807, 2.05) is 0 Å². The minimum absolute atomic E-state index is 0.330. The standard InChI is InChI=1S/C9H7N3O3/c13-4-7-8-2-1-6(11-9(14)15)3-12(8)5-10-7/h1-5,11H,(H,14,15). The van der Waals surface area contributed by atoms with E-state index in [0.717, 1.165) is 0 Å². The van der Waals surface area contributed by atoms with Crippen molar-refractivity contribution in [1.82, 2.24) is 9.38 Å². The van der Waals surface area contributed by atoms with Gasteiger partial charge in [-0.15, -0.1) is 0 Å². The van der Waals surface area contributed by atoms with Gasteiger partial charge in [0.2, 0.25) is 0 Å². The number of carbonyl (C=O) groups excluding carboxylic acids is 1. The number of rotatable bonds is 2. The molecule has 0 unspecified atom stereocenters. The van der Waals surface area contributed by atoms with Gasteiger partial charge >= 0.3 is 6.09 Å². The maximum Gasteiger partial charge on any atom is 0.409 e. The molecule has 0 aromatic carbocycles. The lowest BCUT2D eigenvalue weighted by molar-refractivity contribution is 0.112. The Kier molecular flexibility index (Phi) is 2.09. The van der Waals surface area contributed by atoms with Crippen LogP contribution in [0.2, 0.25) is 0 Å². The molecule has 0 atom stereocenters. The van der Waals surface area contributed by atoms with Gasteiger partial charge in [-0.2, -0.15) is 0 Å². The molecule has 6 nitrogen and oxygen atoms in total. The topological polar surface area (TPSA) is 83.7 Å². The minimum Gasteiger partial charge on any atom is -0.465 e. The first-order chi connectivity index (χ1) is 7.20. The molecule has 2 aromatic rings. The van der Waals surface area contributed by atoms with Crippen LogP contribution in [0.3, 0.4) is 0 Å². The van der Waals surface area contributed by atoms with Gasteiger partial charge in [0, 0.05) is 6.20 Å². The van der Waals surface area contributed by atoms with Crippen LogP contribution in [0.5, 0.6) is 0 Å². The average molecular weight is 205 g/mol. The molecule has 0 aliphatic heterocycles. The van der Waals surface area contributed by atoms with Crippen molar-refractivity contribution in [3.63, 3.8) is 0 Å². The number of aromatic nitrogens is 2. The van der Waals surface area contributed by atoms with Crippen LogP contribution >= 0.6 is 0 Å². The molecule has 0 saturated carbocycles. The Hall–Kier alpha value is -2.37. The van der Waals surface area contributed by atoms with Crippen molar-refractivity contribution in [3.05, 3.63) is 30.4 Å². The van der Waals surface area contributed by atoms with E-state index in [2.05, 4.69) is 10.3 Å². The van der Waals surface area contributed by atoms with Crippen LogP contribution in [0.15, 0.2) is 24.7 Å². The number of nitrogens with zero attached hydrogens (tertiary/aromatic N) is 2. The van der Waals surface area contributed by atoms with Gasteiger partial charge < -0.3 is 9.51 Å². The Labute approximate surface area is 84.2 Å². The summed E-state index contributed by atoms with van der Waals surface area (Å²) in [5.41, 5.74) is 1.39. The Balaban J connectivity index is 2.48. The van der Waals surface area contributed by atoms with Crippen molar-refractivity contribution in [2.45, 2.75) is 0 Å². The Bertz CT molecular complexity index is 532. The van der Waals surface area contributed by atoms with Crippen LogP contribution < -0.4 is 5.32 Å². The van der Waals surface area contributed by atoms with Crippen molar-refractivity contribution in [2.75, 3.05) is 5.32 Å². The van der Waals surface area contributed by atoms with E-state index >= 15 is 0 Å². The molecule has 0 fully saturated rings. The number of imidazole rings is 1. The zero-order valence-corrected chi connectivity index (χ0v) is 7.54. The van der Waals surface area contributed by atoms with E-state index in [0.29, 0.717) is 23.2 Å². The molecular formula is C9H7N3O3. The summed E-state index contributed by atoms with van der Waals surface area (Å²) in [6, 6.07) is 3.19. The molecule has 0 radical (unpaired) electrons. The maximum absolute atomic E-state index is 10.6. The first-order valence-electron chi connectivity index (χ1n) is 4.12. The summed E-state index contributed by atoms with van der Waals surface area (Å²) in [7, 11) is 0. The number of anilines is 1. The molecule has 6 heteroatoms. The van der Waals surface area contributed by atoms with Gasteiger partial charge in [0.25, 0.3) is 0 Å². The monoisotopic (exact) mass is 205 g/mol. The van der Waals surface area contributed by atoms with Crippen LogP contribution in [-0.4, -0.2) is 26.9 Å². The number of amides is 1. The zero-order valence-electron chi connectivity index (χ0n) is 7.54. The van der Waals surface area contributed by atoms with Crippen LogP contribution in [-0.2, 0) is 0 Å². The number of fused-ring (bicyclic) bond motifs is 1. The lowest BCUT2D eigenvalue weighted by atomic mass is 10.3. The van der Waals surface area contributed by atoms with E-state index in [1.165, 1.54) is 6.33 Å². The number of nitrogens with one attached hydrogen (secondary N) is 1. The number of carboxylic acid groups (broad SMARTS) is 1. The second kappa shape index (κ2) is 3.41. The second-order valence-corrected chi connectivity index (χ2v) is 2.89. The fourth-order valence-corrected chi connectivity index (χ4v) is 1.31. The summed E-state index contributed by atoms with van der Waals surface area (Å²) < 4.78 is 1.58. The molecule has 15 heavy (non-hydrogen) atoms. The Morgan fingerprint density at radius 2 is 2.33 bits per heavy atom. The summed E-state index contributed by atoms with van der Waals surface area (Å²) in [6.45, 7) is 0. The summed E-state index contributed by atoms with van der Waals surface area (Å²) in [4.78, 5) is 24.8. The molecule has 0 saturated heterocycles. The predicted octanol–water partition coefficient (Wildman–Crippen LogP) is 1.24. The smallest absolute Gasteiger partial charge is 0.409 e. The fraction of sp³-hybridized carbons (Fsp3) is 0. The molecule has 76 valence electrons. The predicted molar refractivity (Wildman–Crippen MR) is 52.2 cm³/mol. The van der Waals surface area contributed by atoms with Gasteiger partial charge in [-0.3, -0.25) is 10.1 Å². The van der Waals surface area contributed by atoms with Gasteiger partial charge in [-0.25, -0.2) is 9.78 Å². The van der Waals surface area contributed by atoms with E-state index in [4.69, 9.17) is 5.11 Å². The molecule has 1 amide bonds. The normalized spacial score (nSPS) is 10.1. The van der Waals surface area contributed by atoms with Crippen LogP contribution in [0.4, 0.5) is 10.5 Å². The largest absolute Gasteiger partial charge is 0.465 e. The van der Waals surface area contributed by atoms with E-state index < -0.39 is 6.09 Å². The number of aldehydes is 1. The Morgan fingerprint density at radius 3 is 3.00 bits per heavy atom. The molecule has 0 aliphatic rings.